The number of amides is 1. The van der Waals surface area contributed by atoms with Crippen LogP contribution in [-0.4, -0.2) is 35.4 Å². The molecule has 0 spiro atoms. The number of nitrogens with one attached hydrogen (secondary N) is 1. The van der Waals surface area contributed by atoms with Crippen LogP contribution in [0.3, 0.4) is 0 Å². The van der Waals surface area contributed by atoms with Gasteiger partial charge in [-0.15, -0.1) is 10.2 Å². The van der Waals surface area contributed by atoms with Crippen molar-refractivity contribution in [3.05, 3.63) is 47.7 Å². The predicted molar refractivity (Wildman–Crippen MR) is 97.7 cm³/mol. The third-order valence-electron chi connectivity index (χ3n) is 4.57. The van der Waals surface area contributed by atoms with Gasteiger partial charge in [0.25, 0.3) is 0 Å². The summed E-state index contributed by atoms with van der Waals surface area (Å²) in [6.07, 6.45) is 7.07. The van der Waals surface area contributed by atoms with Crippen LogP contribution >= 0.6 is 0 Å². The fourth-order valence-electron chi connectivity index (χ4n) is 3.08. The zero-order chi connectivity index (χ0) is 18.0. The lowest BCUT2D eigenvalue weighted by atomic mass is 10.1. The van der Waals surface area contributed by atoms with E-state index >= 15 is 0 Å². The van der Waals surface area contributed by atoms with Gasteiger partial charge in [-0.2, -0.15) is 0 Å². The highest BCUT2D eigenvalue weighted by Gasteiger charge is 2.16. The van der Waals surface area contributed by atoms with Crippen molar-refractivity contribution in [2.45, 2.75) is 57.5 Å². The lowest BCUT2D eigenvalue weighted by Crippen LogP contribution is -2.31. The van der Waals surface area contributed by atoms with E-state index in [0.29, 0.717) is 31.2 Å². The van der Waals surface area contributed by atoms with Crippen molar-refractivity contribution in [3.63, 3.8) is 0 Å². The summed E-state index contributed by atoms with van der Waals surface area (Å²) in [4.78, 5) is 11.9. The normalized spacial score (nSPS) is 16.7. The summed E-state index contributed by atoms with van der Waals surface area (Å²) in [6, 6.07) is 10.5. The highest BCUT2D eigenvalue weighted by molar-refractivity contribution is 5.76. The van der Waals surface area contributed by atoms with Crippen LogP contribution in [0, 0.1) is 0 Å². The number of aromatic nitrogens is 2. The van der Waals surface area contributed by atoms with Crippen molar-refractivity contribution < 1.29 is 13.9 Å². The van der Waals surface area contributed by atoms with Gasteiger partial charge in [0.15, 0.2) is 0 Å². The number of hydrogen-bond acceptors (Lipinski definition) is 5. The molecule has 1 amide bonds. The summed E-state index contributed by atoms with van der Waals surface area (Å²) >= 11 is 0. The van der Waals surface area contributed by atoms with E-state index < -0.39 is 0 Å². The predicted octanol–water partition coefficient (Wildman–Crippen LogP) is 2.86. The van der Waals surface area contributed by atoms with Gasteiger partial charge in [-0.25, -0.2) is 0 Å². The average Bonchev–Trinajstić information content (AvgIpc) is 3.34. The standard InChI is InChI=1S/C20H27N3O3/c24-18(21-15-17-10-6-14-25-17)12-13-20-23-22-19(26-20)11-5-4-9-16-7-2-1-3-8-16/h1-3,7-8,17H,4-6,9-15H2,(H,21,24)/t17-/m1/s1. The molecule has 0 bridgehead atoms. The Morgan fingerprint density at radius 3 is 2.62 bits per heavy atom. The van der Waals surface area contributed by atoms with Gasteiger partial charge in [0.05, 0.1) is 6.10 Å². The van der Waals surface area contributed by atoms with Gasteiger partial charge in [-0.05, 0) is 37.7 Å². The molecule has 1 N–H and O–H groups in total. The number of unbranched alkanes of at least 4 members (excludes halogenated alkanes) is 1. The van der Waals surface area contributed by atoms with Crippen LogP contribution in [0.25, 0.3) is 0 Å². The van der Waals surface area contributed by atoms with Crippen LogP contribution in [0.2, 0.25) is 0 Å². The molecule has 0 aliphatic carbocycles. The Labute approximate surface area is 154 Å². The summed E-state index contributed by atoms with van der Waals surface area (Å²) in [5, 5.41) is 11.0. The van der Waals surface area contributed by atoms with Gasteiger partial charge in [0, 0.05) is 32.4 Å². The molecule has 2 heterocycles. The number of hydrogen-bond donors (Lipinski definition) is 1. The van der Waals surface area contributed by atoms with Crippen LogP contribution in [0.4, 0.5) is 0 Å². The van der Waals surface area contributed by atoms with E-state index in [0.717, 1.165) is 45.1 Å². The highest BCUT2D eigenvalue weighted by atomic mass is 16.5. The van der Waals surface area contributed by atoms with E-state index in [1.165, 1.54) is 5.56 Å². The van der Waals surface area contributed by atoms with Crippen LogP contribution in [-0.2, 0) is 28.8 Å². The van der Waals surface area contributed by atoms with Gasteiger partial charge in [-0.3, -0.25) is 4.79 Å². The summed E-state index contributed by atoms with van der Waals surface area (Å²) in [5.74, 6) is 1.20. The van der Waals surface area contributed by atoms with Crippen LogP contribution < -0.4 is 5.32 Å². The first kappa shape index (κ1) is 18.6. The minimum atomic E-state index is 0.00288. The topological polar surface area (TPSA) is 77.2 Å². The van der Waals surface area contributed by atoms with Crippen molar-refractivity contribution in [3.8, 4) is 0 Å². The molecule has 140 valence electrons. The van der Waals surface area contributed by atoms with Gasteiger partial charge in [0.2, 0.25) is 17.7 Å². The Morgan fingerprint density at radius 2 is 1.85 bits per heavy atom. The Morgan fingerprint density at radius 1 is 1.08 bits per heavy atom. The lowest BCUT2D eigenvalue weighted by Gasteiger charge is -2.10. The third kappa shape index (κ3) is 6.26. The summed E-state index contributed by atoms with van der Waals surface area (Å²) < 4.78 is 11.1. The SMILES string of the molecule is O=C(CCc1nnc(CCCCc2ccccc2)o1)NC[C@H]1CCCO1. The molecule has 1 fully saturated rings. The Hall–Kier alpha value is -2.21. The summed E-state index contributed by atoms with van der Waals surface area (Å²) in [5.41, 5.74) is 1.35. The first-order valence-electron chi connectivity index (χ1n) is 9.53. The monoisotopic (exact) mass is 357 g/mol. The summed E-state index contributed by atoms with van der Waals surface area (Å²) in [6.45, 7) is 1.39. The average molecular weight is 357 g/mol. The molecular formula is C20H27N3O3. The molecule has 3 rings (SSSR count). The minimum absolute atomic E-state index is 0.00288. The zero-order valence-corrected chi connectivity index (χ0v) is 15.2. The van der Waals surface area contributed by atoms with Crippen molar-refractivity contribution in [1.29, 1.82) is 0 Å². The molecule has 2 aromatic rings. The van der Waals surface area contributed by atoms with E-state index in [1.807, 2.05) is 6.07 Å². The van der Waals surface area contributed by atoms with Gasteiger partial charge < -0.3 is 14.5 Å². The quantitative estimate of drug-likeness (QED) is 0.662. The Bertz CT molecular complexity index is 666. The van der Waals surface area contributed by atoms with Crippen molar-refractivity contribution in [1.82, 2.24) is 15.5 Å². The van der Waals surface area contributed by atoms with Crippen molar-refractivity contribution >= 4 is 5.91 Å². The fraction of sp³-hybridized carbons (Fsp3) is 0.550. The molecule has 1 aliphatic rings. The van der Waals surface area contributed by atoms with Gasteiger partial charge in [0.1, 0.15) is 0 Å². The number of benzene rings is 1. The van der Waals surface area contributed by atoms with Crippen molar-refractivity contribution in [2.75, 3.05) is 13.2 Å². The smallest absolute Gasteiger partial charge is 0.220 e. The maximum absolute atomic E-state index is 11.9. The van der Waals surface area contributed by atoms with Gasteiger partial charge in [-0.1, -0.05) is 30.3 Å². The molecule has 0 radical (unpaired) electrons. The highest BCUT2D eigenvalue weighted by Crippen LogP contribution is 2.11. The van der Waals surface area contributed by atoms with Crippen molar-refractivity contribution in [2.24, 2.45) is 0 Å². The minimum Gasteiger partial charge on any atom is -0.425 e. The molecule has 0 saturated carbocycles. The lowest BCUT2D eigenvalue weighted by molar-refractivity contribution is -0.121. The van der Waals surface area contributed by atoms with E-state index in [1.54, 1.807) is 0 Å². The summed E-state index contributed by atoms with van der Waals surface area (Å²) in [7, 11) is 0. The molecule has 1 aliphatic heterocycles. The molecule has 1 atom stereocenters. The molecular weight excluding hydrogens is 330 g/mol. The maximum atomic E-state index is 11.9. The Kier molecular flexibility index (Phi) is 7.19. The van der Waals surface area contributed by atoms with E-state index in [-0.39, 0.29) is 12.0 Å². The molecule has 0 unspecified atom stereocenters. The molecule has 26 heavy (non-hydrogen) atoms. The van der Waals surface area contributed by atoms with Crippen LogP contribution in [0.5, 0.6) is 0 Å². The van der Waals surface area contributed by atoms with E-state index in [9.17, 15) is 4.79 Å². The number of ether oxygens (including phenoxy) is 1. The second-order valence-corrected chi connectivity index (χ2v) is 6.72. The Balaban J connectivity index is 1.29. The molecule has 1 aromatic carbocycles. The van der Waals surface area contributed by atoms with E-state index in [4.69, 9.17) is 9.15 Å². The first-order valence-corrected chi connectivity index (χ1v) is 9.53. The van der Waals surface area contributed by atoms with E-state index in [2.05, 4.69) is 39.8 Å². The van der Waals surface area contributed by atoms with Crippen LogP contribution in [0.15, 0.2) is 34.7 Å². The second kappa shape index (κ2) is 10.1. The molecule has 6 nitrogen and oxygen atoms in total. The first-order chi connectivity index (χ1) is 12.8. The number of carbonyl (C=O) groups excluding carboxylic acids is 1. The second-order valence-electron chi connectivity index (χ2n) is 6.72. The fourth-order valence-corrected chi connectivity index (χ4v) is 3.08. The number of nitrogens with zero attached hydrogens (tertiary/aromatic N) is 2. The molecule has 1 saturated heterocycles. The molecule has 6 heteroatoms. The number of aryl methyl sites for hydroxylation is 3. The number of rotatable bonds is 10. The largest absolute Gasteiger partial charge is 0.425 e. The number of carbonyl (C=O) groups is 1. The van der Waals surface area contributed by atoms with Crippen LogP contribution in [0.1, 0.15) is 49.4 Å². The third-order valence-corrected chi connectivity index (χ3v) is 4.57. The maximum Gasteiger partial charge on any atom is 0.220 e. The van der Waals surface area contributed by atoms with Gasteiger partial charge >= 0.3 is 0 Å². The zero-order valence-electron chi connectivity index (χ0n) is 15.2. The molecule has 1 aromatic heterocycles.